The summed E-state index contributed by atoms with van der Waals surface area (Å²) < 4.78 is 11.0. The summed E-state index contributed by atoms with van der Waals surface area (Å²) in [7, 11) is 1.85. The van der Waals surface area contributed by atoms with E-state index in [4.69, 9.17) is 21.1 Å². The Morgan fingerprint density at radius 3 is 1.13 bits per heavy atom. The van der Waals surface area contributed by atoms with E-state index in [-0.39, 0.29) is 37.2 Å². The molecule has 0 fully saturated rings. The molecule has 0 bridgehead atoms. The number of likely N-dealkylation sites (N-methyl/N-ethyl adjacent to an activating group) is 1. The topological polar surface area (TPSA) is 55.8 Å². The van der Waals surface area contributed by atoms with Gasteiger partial charge in [-0.3, -0.25) is 14.5 Å². The van der Waals surface area contributed by atoms with Crippen molar-refractivity contribution in [1.29, 1.82) is 0 Å². The number of rotatable bonds is 36. The van der Waals surface area contributed by atoms with Crippen LogP contribution in [0.2, 0.25) is 0 Å². The van der Waals surface area contributed by atoms with Crippen molar-refractivity contribution in [3.05, 3.63) is 24.3 Å². The molecule has 0 radical (unpaired) electrons. The molecule has 0 aliphatic rings. The third kappa shape index (κ3) is 34.3. The average molecular weight is 683 g/mol. The van der Waals surface area contributed by atoms with E-state index >= 15 is 0 Å². The normalized spacial score (nSPS) is 12.4. The molecule has 47 heavy (non-hydrogen) atoms. The van der Waals surface area contributed by atoms with Crippen LogP contribution in [0.15, 0.2) is 24.3 Å². The zero-order valence-corrected chi connectivity index (χ0v) is 32.0. The zero-order chi connectivity index (χ0) is 34.5. The monoisotopic (exact) mass is 682 g/mol. The molecule has 0 rings (SSSR count). The largest absolute Gasteiger partial charge is 0.464 e. The smallest absolute Gasteiger partial charge is 0.305 e. The first-order valence-corrected chi connectivity index (χ1v) is 20.5. The van der Waals surface area contributed by atoms with Crippen molar-refractivity contribution in [3.63, 3.8) is 0 Å². The zero-order valence-electron chi connectivity index (χ0n) is 31.3. The highest BCUT2D eigenvalue weighted by molar-refractivity contribution is 6.17. The number of alkyl halides is 1. The molecule has 0 aromatic carbocycles. The van der Waals surface area contributed by atoms with Crippen molar-refractivity contribution in [1.82, 2.24) is 4.90 Å². The molecule has 0 N–H and O–H groups in total. The Morgan fingerprint density at radius 2 is 0.809 bits per heavy atom. The van der Waals surface area contributed by atoms with Gasteiger partial charge in [0, 0.05) is 12.8 Å². The maximum Gasteiger partial charge on any atom is 0.305 e. The second-order valence-electron chi connectivity index (χ2n) is 13.6. The van der Waals surface area contributed by atoms with E-state index in [1.165, 1.54) is 116 Å². The van der Waals surface area contributed by atoms with E-state index in [9.17, 15) is 9.59 Å². The van der Waals surface area contributed by atoms with Gasteiger partial charge in [-0.2, -0.15) is 0 Å². The van der Waals surface area contributed by atoms with E-state index < -0.39 is 0 Å². The Labute approximate surface area is 297 Å². The second kappa shape index (κ2) is 37.5. The van der Waals surface area contributed by atoms with Gasteiger partial charge >= 0.3 is 11.9 Å². The van der Waals surface area contributed by atoms with Crippen molar-refractivity contribution >= 4 is 23.5 Å². The molecular weight excluding hydrogens is 606 g/mol. The fourth-order valence-electron chi connectivity index (χ4n) is 5.60. The van der Waals surface area contributed by atoms with Crippen LogP contribution in [0.1, 0.15) is 194 Å². The van der Waals surface area contributed by atoms with Gasteiger partial charge in [-0.1, -0.05) is 141 Å². The van der Waals surface area contributed by atoms with E-state index in [0.717, 1.165) is 51.4 Å². The van der Waals surface area contributed by atoms with Crippen LogP contribution in [0.25, 0.3) is 0 Å². The number of hydrogen-bond acceptors (Lipinski definition) is 5. The summed E-state index contributed by atoms with van der Waals surface area (Å²) in [4.78, 5) is 26.5. The molecule has 0 aliphatic heterocycles. The minimum atomic E-state index is -0.233. The SMILES string of the molecule is CCCCCCCCC=CCCCCCCCC(=O)OCC(COC(=O)CCCCCCCC=CCCCCCCCC)N(C)CCl. The number of nitrogens with zero attached hydrogens (tertiary/aromatic N) is 1. The number of ether oxygens (including phenoxy) is 2. The predicted molar refractivity (Wildman–Crippen MR) is 203 cm³/mol. The Hall–Kier alpha value is -1.33. The minimum absolute atomic E-state index is 0.185. The van der Waals surface area contributed by atoms with Gasteiger partial charge in [0.15, 0.2) is 0 Å². The lowest BCUT2D eigenvalue weighted by Crippen LogP contribution is -2.39. The van der Waals surface area contributed by atoms with Crippen LogP contribution in [-0.4, -0.2) is 49.1 Å². The van der Waals surface area contributed by atoms with E-state index in [0.29, 0.717) is 12.8 Å². The maximum atomic E-state index is 12.3. The van der Waals surface area contributed by atoms with Crippen LogP contribution in [0.4, 0.5) is 0 Å². The molecule has 0 saturated heterocycles. The van der Waals surface area contributed by atoms with E-state index in [1.54, 1.807) is 0 Å². The third-order valence-electron chi connectivity index (χ3n) is 8.97. The van der Waals surface area contributed by atoms with Gasteiger partial charge in [-0.25, -0.2) is 0 Å². The highest BCUT2D eigenvalue weighted by atomic mass is 35.5. The van der Waals surface area contributed by atoms with Crippen molar-refractivity contribution < 1.29 is 19.1 Å². The van der Waals surface area contributed by atoms with Crippen LogP contribution < -0.4 is 0 Å². The molecule has 0 aromatic heterocycles. The Morgan fingerprint density at radius 1 is 0.511 bits per heavy atom. The number of unbranched alkanes of at least 4 members (excludes halogenated alkanes) is 22. The van der Waals surface area contributed by atoms with Crippen molar-refractivity contribution in [2.75, 3.05) is 26.3 Å². The van der Waals surface area contributed by atoms with Crippen molar-refractivity contribution in [2.24, 2.45) is 0 Å². The van der Waals surface area contributed by atoms with Gasteiger partial charge < -0.3 is 9.47 Å². The average Bonchev–Trinajstić information content (AvgIpc) is 3.07. The molecule has 6 heteroatoms. The van der Waals surface area contributed by atoms with Crippen LogP contribution in [0, 0.1) is 0 Å². The van der Waals surface area contributed by atoms with Crippen LogP contribution in [-0.2, 0) is 19.1 Å². The second-order valence-corrected chi connectivity index (χ2v) is 13.8. The van der Waals surface area contributed by atoms with Crippen LogP contribution in [0.5, 0.6) is 0 Å². The van der Waals surface area contributed by atoms with E-state index in [1.807, 2.05) is 11.9 Å². The van der Waals surface area contributed by atoms with Crippen LogP contribution in [0.3, 0.4) is 0 Å². The maximum absolute atomic E-state index is 12.3. The fourth-order valence-corrected chi connectivity index (χ4v) is 5.80. The highest BCUT2D eigenvalue weighted by Crippen LogP contribution is 2.13. The lowest BCUT2D eigenvalue weighted by Gasteiger charge is -2.25. The summed E-state index contributed by atoms with van der Waals surface area (Å²) in [5.74, 6) is -0.370. The molecule has 0 unspecified atom stereocenters. The predicted octanol–water partition coefficient (Wildman–Crippen LogP) is 12.6. The molecule has 0 aliphatic carbocycles. The molecule has 0 spiro atoms. The molecule has 0 saturated carbocycles. The summed E-state index contributed by atoms with van der Waals surface area (Å²) >= 11 is 6.03. The molecule has 0 heterocycles. The van der Waals surface area contributed by atoms with Gasteiger partial charge in [0.1, 0.15) is 13.2 Å². The highest BCUT2D eigenvalue weighted by Gasteiger charge is 2.19. The minimum Gasteiger partial charge on any atom is -0.464 e. The van der Waals surface area contributed by atoms with Gasteiger partial charge in [0.2, 0.25) is 0 Å². The third-order valence-corrected chi connectivity index (χ3v) is 9.35. The lowest BCUT2D eigenvalue weighted by atomic mass is 10.1. The van der Waals surface area contributed by atoms with Gasteiger partial charge in [-0.15, -0.1) is 11.6 Å². The van der Waals surface area contributed by atoms with Crippen LogP contribution >= 0.6 is 11.6 Å². The number of carbonyl (C=O) groups excluding carboxylic acids is 2. The number of halogens is 1. The summed E-state index contributed by atoms with van der Waals surface area (Å²) in [5, 5.41) is 0. The quantitative estimate of drug-likeness (QED) is 0.0216. The molecule has 0 amide bonds. The Kier molecular flexibility index (Phi) is 36.4. The molecule has 0 aromatic rings. The van der Waals surface area contributed by atoms with Gasteiger partial charge in [0.05, 0.1) is 12.0 Å². The summed E-state index contributed by atoms with van der Waals surface area (Å²) in [6.45, 7) is 4.90. The van der Waals surface area contributed by atoms with Crippen molar-refractivity contribution in [2.45, 2.75) is 200 Å². The number of hydrogen-bond donors (Lipinski definition) is 0. The van der Waals surface area contributed by atoms with Gasteiger partial charge in [0.25, 0.3) is 0 Å². The van der Waals surface area contributed by atoms with Crippen molar-refractivity contribution in [3.8, 4) is 0 Å². The molecule has 0 atom stereocenters. The Balaban J connectivity index is 3.78. The van der Waals surface area contributed by atoms with E-state index in [2.05, 4.69) is 38.2 Å². The molecular formula is C41H76ClNO4. The Bertz CT molecular complexity index is 685. The standard InChI is InChI=1S/C41H76ClNO4/c1-4-6-8-10-12-14-16-18-20-22-24-26-28-30-32-34-40(44)46-36-39(43(3)38-42)37-47-41(45)35-33-31-29-27-25-23-21-19-17-15-13-11-9-7-5-2/h18-21,39H,4-17,22-38H2,1-3H3. The fraction of sp³-hybridized carbons (Fsp3) is 0.854. The lowest BCUT2D eigenvalue weighted by molar-refractivity contribution is -0.149. The summed E-state index contributed by atoms with van der Waals surface area (Å²) in [6.07, 6.45) is 42.3. The van der Waals surface area contributed by atoms with Gasteiger partial charge in [-0.05, 0) is 71.3 Å². The first kappa shape index (κ1) is 45.7. The summed E-state index contributed by atoms with van der Waals surface area (Å²) in [6, 6.07) is 0.0472. The number of carbonyl (C=O) groups is 2. The first-order valence-electron chi connectivity index (χ1n) is 19.9. The summed E-state index contributed by atoms with van der Waals surface area (Å²) in [5.41, 5.74) is 0. The number of allylic oxidation sites excluding steroid dienone is 4. The molecule has 276 valence electrons. The first-order chi connectivity index (χ1) is 23.0. The molecule has 5 nitrogen and oxygen atoms in total. The number of esters is 2.